The average molecular weight is 315 g/mol. The summed E-state index contributed by atoms with van der Waals surface area (Å²) in [6.07, 6.45) is 3.75. The normalized spacial score (nSPS) is 15.5. The van der Waals surface area contributed by atoms with Gasteiger partial charge < -0.3 is 14.0 Å². The average Bonchev–Trinajstić information content (AvgIpc) is 3.02. The van der Waals surface area contributed by atoms with Crippen molar-refractivity contribution in [2.45, 2.75) is 13.1 Å². The monoisotopic (exact) mass is 315 g/mol. The van der Waals surface area contributed by atoms with E-state index in [-0.39, 0.29) is 5.97 Å². The summed E-state index contributed by atoms with van der Waals surface area (Å²) < 4.78 is 12.3. The van der Waals surface area contributed by atoms with E-state index in [2.05, 4.69) is 14.5 Å². The molecule has 2 aromatic rings. The first-order valence-electron chi connectivity index (χ1n) is 7.74. The number of carbonyl (C=O) groups excluding carboxylic acids is 1. The van der Waals surface area contributed by atoms with E-state index >= 15 is 0 Å². The molecule has 1 fully saturated rings. The molecule has 23 heavy (non-hydrogen) atoms. The van der Waals surface area contributed by atoms with Gasteiger partial charge in [-0.25, -0.2) is 9.78 Å². The molecule has 0 spiro atoms. The van der Waals surface area contributed by atoms with Crippen molar-refractivity contribution in [2.75, 3.05) is 33.4 Å². The van der Waals surface area contributed by atoms with E-state index in [1.54, 1.807) is 12.3 Å². The maximum Gasteiger partial charge on any atom is 0.338 e. The van der Waals surface area contributed by atoms with Crippen molar-refractivity contribution >= 4 is 5.97 Å². The number of ether oxygens (including phenoxy) is 2. The van der Waals surface area contributed by atoms with Crippen LogP contribution in [0.25, 0.3) is 0 Å². The lowest BCUT2D eigenvalue weighted by Crippen LogP contribution is -2.36. The summed E-state index contributed by atoms with van der Waals surface area (Å²) >= 11 is 0. The van der Waals surface area contributed by atoms with Gasteiger partial charge in [-0.3, -0.25) is 4.90 Å². The number of benzene rings is 1. The third-order valence-corrected chi connectivity index (χ3v) is 4.03. The maximum atomic E-state index is 11.9. The molecule has 0 bridgehead atoms. The van der Waals surface area contributed by atoms with Crippen LogP contribution in [0.2, 0.25) is 0 Å². The first-order valence-corrected chi connectivity index (χ1v) is 7.74. The zero-order valence-corrected chi connectivity index (χ0v) is 13.3. The fourth-order valence-corrected chi connectivity index (χ4v) is 2.75. The molecule has 6 heteroatoms. The summed E-state index contributed by atoms with van der Waals surface area (Å²) in [4.78, 5) is 18.7. The Hall–Kier alpha value is -2.18. The number of aromatic nitrogens is 2. The Labute approximate surface area is 135 Å². The Balaban J connectivity index is 1.76. The highest BCUT2D eigenvalue weighted by Crippen LogP contribution is 2.14. The second-order valence-electron chi connectivity index (χ2n) is 5.51. The quantitative estimate of drug-likeness (QED) is 0.784. The summed E-state index contributed by atoms with van der Waals surface area (Å²) in [6, 6.07) is 7.52. The fourth-order valence-electron chi connectivity index (χ4n) is 2.75. The van der Waals surface area contributed by atoms with Crippen LogP contribution in [0.3, 0.4) is 0 Å². The summed E-state index contributed by atoms with van der Waals surface area (Å²) in [6.45, 7) is 4.77. The van der Waals surface area contributed by atoms with Gasteiger partial charge in [0.05, 0.1) is 32.4 Å². The third kappa shape index (κ3) is 3.78. The lowest BCUT2D eigenvalue weighted by Gasteiger charge is -2.26. The van der Waals surface area contributed by atoms with Crippen molar-refractivity contribution < 1.29 is 14.3 Å². The molecule has 2 heterocycles. The van der Waals surface area contributed by atoms with E-state index < -0.39 is 0 Å². The highest BCUT2D eigenvalue weighted by molar-refractivity contribution is 5.90. The van der Waals surface area contributed by atoms with E-state index in [4.69, 9.17) is 9.47 Å². The Morgan fingerprint density at radius 3 is 2.83 bits per heavy atom. The van der Waals surface area contributed by atoms with Crippen LogP contribution in [-0.2, 0) is 22.6 Å². The third-order valence-electron chi connectivity index (χ3n) is 4.03. The lowest BCUT2D eigenvalue weighted by molar-refractivity contribution is 0.0326. The van der Waals surface area contributed by atoms with Gasteiger partial charge in [-0.15, -0.1) is 0 Å². The Bertz CT molecular complexity index is 663. The summed E-state index contributed by atoms with van der Waals surface area (Å²) in [5.74, 6) is 0.682. The molecule has 0 saturated carbocycles. The zero-order chi connectivity index (χ0) is 16.1. The van der Waals surface area contributed by atoms with Crippen molar-refractivity contribution in [1.29, 1.82) is 0 Å². The Morgan fingerprint density at radius 2 is 2.04 bits per heavy atom. The highest BCUT2D eigenvalue weighted by Gasteiger charge is 2.16. The fraction of sp³-hybridized carbons (Fsp3) is 0.412. The molecule has 1 aromatic carbocycles. The van der Waals surface area contributed by atoms with Gasteiger partial charge in [-0.05, 0) is 11.6 Å². The van der Waals surface area contributed by atoms with E-state index in [9.17, 15) is 4.79 Å². The second-order valence-corrected chi connectivity index (χ2v) is 5.51. The largest absolute Gasteiger partial charge is 0.465 e. The van der Waals surface area contributed by atoms with E-state index in [0.717, 1.165) is 44.2 Å². The van der Waals surface area contributed by atoms with Crippen LogP contribution in [0.1, 0.15) is 21.7 Å². The van der Waals surface area contributed by atoms with Crippen LogP contribution < -0.4 is 0 Å². The molecule has 0 N–H and O–H groups in total. The number of imidazole rings is 1. The molecule has 122 valence electrons. The van der Waals surface area contributed by atoms with Gasteiger partial charge in [0.2, 0.25) is 0 Å². The summed E-state index contributed by atoms with van der Waals surface area (Å²) in [5.41, 5.74) is 1.53. The van der Waals surface area contributed by atoms with Gasteiger partial charge in [0.25, 0.3) is 0 Å². The highest BCUT2D eigenvalue weighted by atomic mass is 16.5. The van der Waals surface area contributed by atoms with Gasteiger partial charge in [0.15, 0.2) is 0 Å². The molecule has 0 aliphatic carbocycles. The van der Waals surface area contributed by atoms with Gasteiger partial charge in [0, 0.05) is 32.0 Å². The van der Waals surface area contributed by atoms with Crippen LogP contribution in [0.15, 0.2) is 36.7 Å². The van der Waals surface area contributed by atoms with Gasteiger partial charge in [-0.1, -0.05) is 18.2 Å². The first-order chi connectivity index (χ1) is 11.3. The summed E-state index contributed by atoms with van der Waals surface area (Å²) in [7, 11) is 1.40. The van der Waals surface area contributed by atoms with Crippen molar-refractivity contribution in [3.05, 3.63) is 53.6 Å². The first kappa shape index (κ1) is 15.7. The molecule has 0 unspecified atom stereocenters. The number of hydrogen-bond acceptors (Lipinski definition) is 5. The molecule has 0 atom stereocenters. The predicted molar refractivity (Wildman–Crippen MR) is 85.2 cm³/mol. The molecular weight excluding hydrogens is 294 g/mol. The molecule has 1 aliphatic heterocycles. The molecule has 1 aliphatic rings. The van der Waals surface area contributed by atoms with E-state index in [1.165, 1.54) is 7.11 Å². The van der Waals surface area contributed by atoms with Crippen molar-refractivity contribution in [1.82, 2.24) is 14.5 Å². The van der Waals surface area contributed by atoms with E-state index in [1.807, 2.05) is 24.4 Å². The van der Waals surface area contributed by atoms with Crippen LogP contribution in [0.5, 0.6) is 0 Å². The van der Waals surface area contributed by atoms with Crippen LogP contribution in [-0.4, -0.2) is 53.8 Å². The van der Waals surface area contributed by atoms with Gasteiger partial charge in [0.1, 0.15) is 5.82 Å². The minimum atomic E-state index is -0.310. The van der Waals surface area contributed by atoms with Crippen LogP contribution in [0, 0.1) is 0 Å². The SMILES string of the molecule is COC(=O)c1ccccc1Cn1ccnc1CN1CCOCC1. The molecular formula is C17H21N3O3. The number of hydrogen-bond donors (Lipinski definition) is 0. The van der Waals surface area contributed by atoms with Crippen molar-refractivity contribution in [3.63, 3.8) is 0 Å². The molecule has 1 aromatic heterocycles. The van der Waals surface area contributed by atoms with E-state index in [0.29, 0.717) is 12.1 Å². The molecule has 0 radical (unpaired) electrons. The zero-order valence-electron chi connectivity index (χ0n) is 13.3. The Morgan fingerprint density at radius 1 is 1.26 bits per heavy atom. The molecule has 3 rings (SSSR count). The second kappa shape index (κ2) is 7.39. The predicted octanol–water partition coefficient (Wildman–Crippen LogP) is 1.55. The number of methoxy groups -OCH3 is 1. The van der Waals surface area contributed by atoms with Gasteiger partial charge in [-0.2, -0.15) is 0 Å². The maximum absolute atomic E-state index is 11.9. The minimum Gasteiger partial charge on any atom is -0.465 e. The van der Waals surface area contributed by atoms with Crippen molar-refractivity contribution in [2.24, 2.45) is 0 Å². The standard InChI is InChI=1S/C17H21N3O3/c1-22-17(21)15-5-3-2-4-14(15)12-20-7-6-18-16(20)13-19-8-10-23-11-9-19/h2-7H,8-13H2,1H3. The van der Waals surface area contributed by atoms with Gasteiger partial charge >= 0.3 is 5.97 Å². The number of nitrogens with zero attached hydrogens (tertiary/aromatic N) is 3. The molecule has 0 amide bonds. The smallest absolute Gasteiger partial charge is 0.338 e. The molecule has 6 nitrogen and oxygen atoms in total. The van der Waals surface area contributed by atoms with Crippen molar-refractivity contribution in [3.8, 4) is 0 Å². The molecule has 1 saturated heterocycles. The minimum absolute atomic E-state index is 0.310. The number of morpholine rings is 1. The van der Waals surface area contributed by atoms with Crippen LogP contribution in [0.4, 0.5) is 0 Å². The number of carbonyl (C=O) groups is 1. The van der Waals surface area contributed by atoms with Crippen LogP contribution >= 0.6 is 0 Å². The number of rotatable bonds is 5. The lowest BCUT2D eigenvalue weighted by atomic mass is 10.1. The topological polar surface area (TPSA) is 56.6 Å². The summed E-state index contributed by atoms with van der Waals surface area (Å²) in [5, 5.41) is 0. The number of esters is 1. The Kier molecular flexibility index (Phi) is 5.05.